The van der Waals surface area contributed by atoms with Crippen molar-refractivity contribution >= 4 is 18.0 Å². The summed E-state index contributed by atoms with van der Waals surface area (Å²) in [6.07, 6.45) is 0.416. The van der Waals surface area contributed by atoms with E-state index in [-0.39, 0.29) is 5.92 Å². The van der Waals surface area contributed by atoms with Crippen molar-refractivity contribution < 1.29 is 24.2 Å². The molecule has 7 nitrogen and oxygen atoms in total. The molecule has 0 spiro atoms. The third kappa shape index (κ3) is 4.71. The lowest BCUT2D eigenvalue weighted by Crippen LogP contribution is -2.57. The largest absolute Gasteiger partial charge is 0.480 e. The first-order valence-corrected chi connectivity index (χ1v) is 6.39. The summed E-state index contributed by atoms with van der Waals surface area (Å²) in [5.74, 6) is -1.50. The fraction of sp³-hybridized carbons (Fsp3) is 0.769. The van der Waals surface area contributed by atoms with E-state index in [2.05, 4.69) is 10.1 Å². The second-order valence-electron chi connectivity index (χ2n) is 5.58. The number of rotatable bonds is 6. The van der Waals surface area contributed by atoms with Gasteiger partial charge < -0.3 is 20.1 Å². The van der Waals surface area contributed by atoms with Gasteiger partial charge in [-0.15, -0.1) is 0 Å². The van der Waals surface area contributed by atoms with Crippen LogP contribution in [0.4, 0.5) is 4.79 Å². The fourth-order valence-electron chi connectivity index (χ4n) is 1.47. The first kappa shape index (κ1) is 18.2. The minimum absolute atomic E-state index is 0.178. The van der Waals surface area contributed by atoms with Crippen LogP contribution in [-0.4, -0.2) is 53.7 Å². The molecule has 0 heterocycles. The van der Waals surface area contributed by atoms with Gasteiger partial charge in [0, 0.05) is 7.05 Å². The standard InChI is InChI=1S/C13H24N2O5/c1-8(2)7-9(10(16)20-6)14-12(19)15(5)13(3,4)11(17)18/h8-9H,7H2,1-6H3,(H,14,19)(H,17,18). The van der Waals surface area contributed by atoms with Crippen molar-refractivity contribution in [3.63, 3.8) is 0 Å². The third-order valence-corrected chi connectivity index (χ3v) is 3.16. The van der Waals surface area contributed by atoms with Gasteiger partial charge in [0.25, 0.3) is 0 Å². The molecule has 0 rings (SSSR count). The van der Waals surface area contributed by atoms with Crippen molar-refractivity contribution in [3.8, 4) is 0 Å². The minimum Gasteiger partial charge on any atom is -0.480 e. The Kier molecular flexibility index (Phi) is 6.48. The smallest absolute Gasteiger partial charge is 0.329 e. The number of urea groups is 1. The van der Waals surface area contributed by atoms with E-state index < -0.39 is 29.6 Å². The highest BCUT2D eigenvalue weighted by Crippen LogP contribution is 2.14. The number of ether oxygens (including phenoxy) is 1. The number of carbonyl (C=O) groups excluding carboxylic acids is 2. The number of hydrogen-bond donors (Lipinski definition) is 2. The van der Waals surface area contributed by atoms with Gasteiger partial charge in [0.1, 0.15) is 11.6 Å². The van der Waals surface area contributed by atoms with Crippen molar-refractivity contribution in [2.24, 2.45) is 5.92 Å². The second-order valence-corrected chi connectivity index (χ2v) is 5.58. The zero-order valence-electron chi connectivity index (χ0n) is 12.9. The van der Waals surface area contributed by atoms with E-state index in [0.29, 0.717) is 6.42 Å². The van der Waals surface area contributed by atoms with Gasteiger partial charge in [-0.25, -0.2) is 14.4 Å². The monoisotopic (exact) mass is 288 g/mol. The Labute approximate surface area is 119 Å². The van der Waals surface area contributed by atoms with E-state index in [9.17, 15) is 14.4 Å². The van der Waals surface area contributed by atoms with Crippen molar-refractivity contribution in [1.29, 1.82) is 0 Å². The zero-order chi connectivity index (χ0) is 16.1. The first-order chi connectivity index (χ1) is 9.03. The second kappa shape index (κ2) is 7.12. The Bertz CT molecular complexity index is 379. The number of nitrogens with one attached hydrogen (secondary N) is 1. The lowest BCUT2D eigenvalue weighted by atomic mass is 10.0. The van der Waals surface area contributed by atoms with Crippen LogP contribution >= 0.6 is 0 Å². The highest BCUT2D eigenvalue weighted by Gasteiger charge is 2.36. The molecule has 0 aliphatic carbocycles. The summed E-state index contributed by atoms with van der Waals surface area (Å²) in [7, 11) is 2.61. The summed E-state index contributed by atoms with van der Waals surface area (Å²) >= 11 is 0. The first-order valence-electron chi connectivity index (χ1n) is 6.39. The minimum atomic E-state index is -1.37. The molecule has 0 aliphatic heterocycles. The Hall–Kier alpha value is -1.79. The van der Waals surface area contributed by atoms with Crippen LogP contribution in [-0.2, 0) is 14.3 Å². The van der Waals surface area contributed by atoms with Gasteiger partial charge in [0.05, 0.1) is 7.11 Å². The predicted octanol–water partition coefficient (Wildman–Crippen LogP) is 1.08. The highest BCUT2D eigenvalue weighted by molar-refractivity contribution is 5.88. The van der Waals surface area contributed by atoms with E-state index in [1.54, 1.807) is 0 Å². The van der Waals surface area contributed by atoms with E-state index >= 15 is 0 Å². The molecule has 0 fully saturated rings. The van der Waals surface area contributed by atoms with Crippen LogP contribution in [0.25, 0.3) is 0 Å². The topological polar surface area (TPSA) is 95.9 Å². The van der Waals surface area contributed by atoms with Crippen LogP contribution in [0.2, 0.25) is 0 Å². The average Bonchev–Trinajstić information content (AvgIpc) is 2.34. The van der Waals surface area contributed by atoms with Crippen molar-refractivity contribution in [1.82, 2.24) is 10.2 Å². The molecule has 2 N–H and O–H groups in total. The predicted molar refractivity (Wildman–Crippen MR) is 73.3 cm³/mol. The Balaban J connectivity index is 4.92. The molecule has 1 atom stereocenters. The maximum atomic E-state index is 12.1. The van der Waals surface area contributed by atoms with Gasteiger partial charge in [-0.3, -0.25) is 0 Å². The van der Waals surface area contributed by atoms with E-state index in [4.69, 9.17) is 5.11 Å². The normalized spacial score (nSPS) is 12.8. The summed E-state index contributed by atoms with van der Waals surface area (Å²) in [5.41, 5.74) is -1.37. The maximum absolute atomic E-state index is 12.1. The molecule has 0 saturated carbocycles. The number of methoxy groups -OCH3 is 1. The molecule has 0 radical (unpaired) electrons. The van der Waals surface area contributed by atoms with Gasteiger partial charge >= 0.3 is 18.0 Å². The molecular weight excluding hydrogens is 264 g/mol. The third-order valence-electron chi connectivity index (χ3n) is 3.16. The van der Waals surface area contributed by atoms with Crippen LogP contribution < -0.4 is 5.32 Å². The lowest BCUT2D eigenvalue weighted by Gasteiger charge is -2.32. The van der Waals surface area contributed by atoms with Gasteiger partial charge in [0.15, 0.2) is 0 Å². The van der Waals surface area contributed by atoms with Gasteiger partial charge in [-0.1, -0.05) is 13.8 Å². The number of amides is 2. The molecule has 0 aliphatic rings. The number of likely N-dealkylation sites (N-methyl/N-ethyl adjacent to an activating group) is 1. The van der Waals surface area contributed by atoms with E-state index in [1.165, 1.54) is 28.0 Å². The molecule has 2 amide bonds. The molecule has 0 aromatic carbocycles. The Morgan fingerprint density at radius 1 is 1.30 bits per heavy atom. The number of aliphatic carboxylic acids is 1. The molecule has 116 valence electrons. The van der Waals surface area contributed by atoms with Crippen LogP contribution in [0.1, 0.15) is 34.1 Å². The van der Waals surface area contributed by atoms with Gasteiger partial charge in [-0.2, -0.15) is 0 Å². The van der Waals surface area contributed by atoms with Crippen LogP contribution in [0.15, 0.2) is 0 Å². The van der Waals surface area contributed by atoms with Gasteiger partial charge in [0.2, 0.25) is 0 Å². The molecule has 0 saturated heterocycles. The number of nitrogens with zero attached hydrogens (tertiary/aromatic N) is 1. The van der Waals surface area contributed by atoms with Crippen LogP contribution in [0.5, 0.6) is 0 Å². The van der Waals surface area contributed by atoms with Crippen molar-refractivity contribution in [2.45, 2.75) is 45.7 Å². The Morgan fingerprint density at radius 2 is 1.80 bits per heavy atom. The van der Waals surface area contributed by atoms with Gasteiger partial charge in [-0.05, 0) is 26.2 Å². The SMILES string of the molecule is COC(=O)C(CC(C)C)NC(=O)N(C)C(C)(C)C(=O)O. The fourth-order valence-corrected chi connectivity index (χ4v) is 1.47. The van der Waals surface area contributed by atoms with E-state index in [1.807, 2.05) is 13.8 Å². The molecule has 0 aromatic rings. The lowest BCUT2D eigenvalue weighted by molar-refractivity contribution is -0.146. The molecule has 0 aromatic heterocycles. The van der Waals surface area contributed by atoms with Crippen molar-refractivity contribution in [2.75, 3.05) is 14.2 Å². The maximum Gasteiger partial charge on any atom is 0.329 e. The molecule has 1 unspecified atom stereocenters. The average molecular weight is 288 g/mol. The van der Waals surface area contributed by atoms with Crippen LogP contribution in [0.3, 0.4) is 0 Å². The molecule has 0 bridgehead atoms. The summed E-state index contributed by atoms with van der Waals surface area (Å²) in [6, 6.07) is -1.42. The number of carbonyl (C=O) groups is 3. The number of carboxylic acids is 1. The van der Waals surface area contributed by atoms with E-state index in [0.717, 1.165) is 4.90 Å². The molecule has 20 heavy (non-hydrogen) atoms. The quantitative estimate of drug-likeness (QED) is 0.713. The number of esters is 1. The summed E-state index contributed by atoms with van der Waals surface area (Å²) in [6.45, 7) is 6.63. The van der Waals surface area contributed by atoms with Crippen molar-refractivity contribution in [3.05, 3.63) is 0 Å². The summed E-state index contributed by atoms with van der Waals surface area (Å²) in [5, 5.41) is 11.6. The Morgan fingerprint density at radius 3 is 2.15 bits per heavy atom. The van der Waals surface area contributed by atoms with Crippen LogP contribution in [0, 0.1) is 5.92 Å². The number of carboxylic acid groups (broad SMARTS) is 1. The highest BCUT2D eigenvalue weighted by atomic mass is 16.5. The summed E-state index contributed by atoms with van der Waals surface area (Å²) < 4.78 is 4.64. The number of hydrogen-bond acceptors (Lipinski definition) is 4. The zero-order valence-corrected chi connectivity index (χ0v) is 12.9. The molecular formula is C13H24N2O5. The summed E-state index contributed by atoms with van der Waals surface area (Å²) in [4.78, 5) is 35.8. The molecule has 7 heteroatoms.